The summed E-state index contributed by atoms with van der Waals surface area (Å²) < 4.78 is 0. The summed E-state index contributed by atoms with van der Waals surface area (Å²) in [6.45, 7) is 2.84. The van der Waals surface area contributed by atoms with Crippen LogP contribution in [0.2, 0.25) is 0 Å². The van der Waals surface area contributed by atoms with Gasteiger partial charge in [-0.3, -0.25) is 4.79 Å². The molecule has 0 atom stereocenters. The Morgan fingerprint density at radius 1 is 1.47 bits per heavy atom. The Hall–Kier alpha value is -2.30. The number of carbonyl (C=O) groups excluding carboxylic acids is 1. The molecule has 0 aliphatic heterocycles. The van der Waals surface area contributed by atoms with E-state index in [0.717, 1.165) is 17.1 Å². The van der Waals surface area contributed by atoms with Gasteiger partial charge in [0.1, 0.15) is 5.82 Å². The van der Waals surface area contributed by atoms with E-state index >= 15 is 0 Å². The van der Waals surface area contributed by atoms with E-state index in [-0.39, 0.29) is 5.91 Å². The largest absolute Gasteiger partial charge is 0.378 e. The van der Waals surface area contributed by atoms with Crippen molar-refractivity contribution in [1.29, 1.82) is 0 Å². The monoisotopic (exact) mass is 258 g/mol. The lowest BCUT2D eigenvalue weighted by Crippen LogP contribution is -2.23. The molecule has 0 fully saturated rings. The molecule has 0 aliphatic carbocycles. The van der Waals surface area contributed by atoms with Crippen LogP contribution in [0.25, 0.3) is 0 Å². The summed E-state index contributed by atoms with van der Waals surface area (Å²) in [4.78, 5) is 20.1. The van der Waals surface area contributed by atoms with Crippen molar-refractivity contribution in [1.82, 2.24) is 14.9 Å². The first kappa shape index (κ1) is 13.1. The third-order valence-electron chi connectivity index (χ3n) is 2.90. The van der Waals surface area contributed by atoms with Crippen molar-refractivity contribution >= 4 is 11.6 Å². The van der Waals surface area contributed by atoms with Crippen LogP contribution in [0.3, 0.4) is 0 Å². The lowest BCUT2D eigenvalue weighted by molar-refractivity contribution is -0.128. The third-order valence-corrected chi connectivity index (χ3v) is 2.90. The molecule has 2 N–H and O–H groups in total. The second kappa shape index (κ2) is 6.04. The number of hydrogen-bond acceptors (Lipinski definition) is 3. The van der Waals surface area contributed by atoms with Gasteiger partial charge >= 0.3 is 0 Å². The van der Waals surface area contributed by atoms with Gasteiger partial charge in [0.05, 0.1) is 6.54 Å². The molecule has 1 amide bonds. The van der Waals surface area contributed by atoms with E-state index < -0.39 is 0 Å². The van der Waals surface area contributed by atoms with Gasteiger partial charge < -0.3 is 15.2 Å². The molecule has 5 heteroatoms. The van der Waals surface area contributed by atoms with Gasteiger partial charge in [0, 0.05) is 38.6 Å². The molecule has 0 spiro atoms. The topological polar surface area (TPSA) is 61.0 Å². The Balaban J connectivity index is 1.96. The molecule has 0 radical (unpaired) electrons. The third kappa shape index (κ3) is 3.84. The number of hydrogen-bond donors (Lipinski definition) is 2. The maximum absolute atomic E-state index is 11.2. The smallest absolute Gasteiger partial charge is 0.219 e. The van der Waals surface area contributed by atoms with Crippen molar-refractivity contribution in [3.63, 3.8) is 0 Å². The first-order chi connectivity index (χ1) is 9.15. The Kier molecular flexibility index (Phi) is 4.18. The van der Waals surface area contributed by atoms with Crippen molar-refractivity contribution in [3.8, 4) is 0 Å². The summed E-state index contributed by atoms with van der Waals surface area (Å²) >= 11 is 0. The molecule has 1 aromatic carbocycles. The van der Waals surface area contributed by atoms with Gasteiger partial charge in [-0.15, -0.1) is 0 Å². The van der Waals surface area contributed by atoms with Crippen LogP contribution in [0.15, 0.2) is 36.7 Å². The highest BCUT2D eigenvalue weighted by Gasteiger charge is 2.04. The number of benzene rings is 1. The molecule has 2 rings (SSSR count). The van der Waals surface area contributed by atoms with Crippen LogP contribution < -0.4 is 5.32 Å². The van der Waals surface area contributed by atoms with Crippen LogP contribution in [0, 0.1) is 0 Å². The minimum absolute atomic E-state index is 0.0638. The number of carbonyl (C=O) groups is 1. The van der Waals surface area contributed by atoms with Gasteiger partial charge in [0.15, 0.2) is 0 Å². The highest BCUT2D eigenvalue weighted by Crippen LogP contribution is 2.13. The normalized spacial score (nSPS) is 10.2. The molecular weight excluding hydrogens is 240 g/mol. The predicted molar refractivity (Wildman–Crippen MR) is 74.5 cm³/mol. The Bertz CT molecular complexity index is 536. The maximum atomic E-state index is 11.2. The minimum atomic E-state index is 0.0638. The van der Waals surface area contributed by atoms with Crippen molar-refractivity contribution in [3.05, 3.63) is 48.0 Å². The van der Waals surface area contributed by atoms with E-state index in [1.807, 2.05) is 24.3 Å². The number of nitrogens with one attached hydrogen (secondary N) is 2. The fraction of sp³-hybridized carbons (Fsp3) is 0.286. The average molecular weight is 258 g/mol. The lowest BCUT2D eigenvalue weighted by atomic mass is 10.2. The summed E-state index contributed by atoms with van der Waals surface area (Å²) in [5.41, 5.74) is 2.12. The van der Waals surface area contributed by atoms with Gasteiger partial charge in [-0.05, 0) is 17.7 Å². The van der Waals surface area contributed by atoms with Crippen LogP contribution in [-0.4, -0.2) is 27.8 Å². The molecule has 1 aromatic heterocycles. The van der Waals surface area contributed by atoms with Gasteiger partial charge in [0.25, 0.3) is 0 Å². The Morgan fingerprint density at radius 3 is 3.00 bits per heavy atom. The molecule has 19 heavy (non-hydrogen) atoms. The summed E-state index contributed by atoms with van der Waals surface area (Å²) in [6, 6.07) is 8.04. The molecule has 0 saturated heterocycles. The van der Waals surface area contributed by atoms with Crippen LogP contribution in [0.4, 0.5) is 5.69 Å². The number of nitrogens with zero attached hydrogens (tertiary/aromatic N) is 2. The van der Waals surface area contributed by atoms with E-state index in [4.69, 9.17) is 0 Å². The number of aromatic amines is 1. The molecule has 0 bridgehead atoms. The van der Waals surface area contributed by atoms with E-state index in [1.54, 1.807) is 31.3 Å². The van der Waals surface area contributed by atoms with Crippen LogP contribution in [0.5, 0.6) is 0 Å². The number of H-pyrrole nitrogens is 1. The molecule has 100 valence electrons. The van der Waals surface area contributed by atoms with Crippen molar-refractivity contribution in [2.45, 2.75) is 20.0 Å². The van der Waals surface area contributed by atoms with Crippen LogP contribution >= 0.6 is 0 Å². The highest BCUT2D eigenvalue weighted by molar-refractivity contribution is 5.72. The molecular formula is C14H18N4O. The summed E-state index contributed by atoms with van der Waals surface area (Å²) in [5, 5.41) is 3.29. The zero-order valence-electron chi connectivity index (χ0n) is 11.2. The number of anilines is 1. The van der Waals surface area contributed by atoms with E-state index in [9.17, 15) is 4.79 Å². The molecule has 1 heterocycles. The van der Waals surface area contributed by atoms with Crippen molar-refractivity contribution in [2.75, 3.05) is 12.4 Å². The number of imidazole rings is 1. The maximum Gasteiger partial charge on any atom is 0.219 e. The predicted octanol–water partition coefficient (Wildman–Crippen LogP) is 2.00. The van der Waals surface area contributed by atoms with Gasteiger partial charge in [-0.2, -0.15) is 0 Å². The Labute approximate surface area is 112 Å². The standard InChI is InChI=1S/C14H18N4O/c1-11(19)18(2)10-12-4-3-5-13(8-12)17-9-14-15-6-7-16-14/h3-8,17H,9-10H2,1-2H3,(H,15,16). The number of rotatable bonds is 5. The quantitative estimate of drug-likeness (QED) is 0.862. The second-order valence-corrected chi connectivity index (χ2v) is 4.46. The van der Waals surface area contributed by atoms with Gasteiger partial charge in [-0.25, -0.2) is 4.98 Å². The zero-order valence-corrected chi connectivity index (χ0v) is 11.2. The fourth-order valence-corrected chi connectivity index (χ4v) is 1.75. The van der Waals surface area contributed by atoms with E-state index in [0.29, 0.717) is 13.1 Å². The summed E-state index contributed by atoms with van der Waals surface area (Å²) in [7, 11) is 1.80. The first-order valence-electron chi connectivity index (χ1n) is 6.18. The molecule has 5 nitrogen and oxygen atoms in total. The fourth-order valence-electron chi connectivity index (χ4n) is 1.75. The minimum Gasteiger partial charge on any atom is -0.378 e. The van der Waals surface area contributed by atoms with E-state index in [2.05, 4.69) is 15.3 Å². The SMILES string of the molecule is CC(=O)N(C)Cc1cccc(NCc2ncc[nH]2)c1. The summed E-state index contributed by atoms with van der Waals surface area (Å²) in [5.74, 6) is 0.959. The van der Waals surface area contributed by atoms with Gasteiger partial charge in [0.2, 0.25) is 5.91 Å². The average Bonchev–Trinajstić information content (AvgIpc) is 2.90. The first-order valence-corrected chi connectivity index (χ1v) is 6.18. The molecule has 2 aromatic rings. The Morgan fingerprint density at radius 2 is 2.32 bits per heavy atom. The second-order valence-electron chi connectivity index (χ2n) is 4.46. The zero-order chi connectivity index (χ0) is 13.7. The van der Waals surface area contributed by atoms with Crippen molar-refractivity contribution < 1.29 is 4.79 Å². The number of aromatic nitrogens is 2. The molecule has 0 unspecified atom stereocenters. The van der Waals surface area contributed by atoms with Crippen molar-refractivity contribution in [2.24, 2.45) is 0 Å². The molecule has 0 aliphatic rings. The van der Waals surface area contributed by atoms with Crippen LogP contribution in [-0.2, 0) is 17.9 Å². The van der Waals surface area contributed by atoms with E-state index in [1.165, 1.54) is 0 Å². The summed E-state index contributed by atoms with van der Waals surface area (Å²) in [6.07, 6.45) is 3.53. The van der Waals surface area contributed by atoms with Gasteiger partial charge in [-0.1, -0.05) is 12.1 Å². The lowest BCUT2D eigenvalue weighted by Gasteiger charge is -2.15. The van der Waals surface area contributed by atoms with Crippen LogP contribution in [0.1, 0.15) is 18.3 Å². The molecule has 0 saturated carbocycles. The number of amides is 1. The highest BCUT2D eigenvalue weighted by atomic mass is 16.2.